The molecule has 1 aromatic rings. The van der Waals surface area contributed by atoms with Gasteiger partial charge in [0, 0.05) is 18.7 Å². The van der Waals surface area contributed by atoms with Crippen molar-refractivity contribution in [2.24, 2.45) is 0 Å². The van der Waals surface area contributed by atoms with Crippen LogP contribution in [0.5, 0.6) is 5.75 Å². The summed E-state index contributed by atoms with van der Waals surface area (Å²) in [6.45, 7) is 4.08. The molecule has 1 amide bonds. The van der Waals surface area contributed by atoms with Crippen LogP contribution in [0.3, 0.4) is 0 Å². The number of phenols is 1. The lowest BCUT2D eigenvalue weighted by molar-refractivity contribution is -0.132. The summed E-state index contributed by atoms with van der Waals surface area (Å²) in [5, 5.41) is 18.0. The number of aliphatic carboxylic acids is 1. The molecule has 0 heterocycles. The predicted molar refractivity (Wildman–Crippen MR) is 70.7 cm³/mol. The Morgan fingerprint density at radius 3 is 2.58 bits per heavy atom. The van der Waals surface area contributed by atoms with Crippen molar-refractivity contribution in [3.8, 4) is 5.75 Å². The normalized spacial score (nSPS) is 12.3. The van der Waals surface area contributed by atoms with Crippen LogP contribution in [0.25, 0.3) is 0 Å². The molecule has 0 bridgehead atoms. The van der Waals surface area contributed by atoms with E-state index >= 15 is 0 Å². The average Bonchev–Trinajstić information content (AvgIpc) is 2.37. The number of carbonyl (C=O) groups is 2. The van der Waals surface area contributed by atoms with Crippen LogP contribution in [0.1, 0.15) is 25.5 Å². The van der Waals surface area contributed by atoms with E-state index < -0.39 is 5.97 Å². The van der Waals surface area contributed by atoms with Crippen molar-refractivity contribution in [3.63, 3.8) is 0 Å². The van der Waals surface area contributed by atoms with E-state index in [1.165, 1.54) is 4.90 Å². The molecule has 1 atom stereocenters. The zero-order valence-electron chi connectivity index (χ0n) is 10.9. The molecule has 1 rings (SSSR count). The van der Waals surface area contributed by atoms with Gasteiger partial charge in [-0.15, -0.1) is 0 Å². The molecular weight excluding hydrogens is 246 g/mol. The van der Waals surface area contributed by atoms with Gasteiger partial charge in [0.15, 0.2) is 0 Å². The van der Waals surface area contributed by atoms with E-state index in [2.05, 4.69) is 0 Å². The van der Waals surface area contributed by atoms with Gasteiger partial charge in [0.1, 0.15) is 5.75 Å². The summed E-state index contributed by atoms with van der Waals surface area (Å²) in [5.41, 5.74) is 0.791. The first-order valence-corrected chi connectivity index (χ1v) is 5.96. The van der Waals surface area contributed by atoms with E-state index in [4.69, 9.17) is 5.11 Å². The lowest BCUT2D eigenvalue weighted by atomic mass is 10.1. The molecule has 5 nitrogen and oxygen atoms in total. The van der Waals surface area contributed by atoms with Gasteiger partial charge in [-0.25, -0.2) is 4.79 Å². The number of rotatable bonds is 5. The second kappa shape index (κ2) is 6.58. The van der Waals surface area contributed by atoms with Crippen molar-refractivity contribution >= 4 is 11.9 Å². The summed E-state index contributed by atoms with van der Waals surface area (Å²) < 4.78 is 0. The molecule has 1 unspecified atom stereocenters. The first kappa shape index (κ1) is 14.8. The zero-order chi connectivity index (χ0) is 14.4. The minimum absolute atomic E-state index is 0.133. The molecule has 0 aromatic heterocycles. The number of likely N-dealkylation sites (N-methyl/N-ethyl adjacent to an activating group) is 1. The number of amides is 1. The molecule has 0 spiro atoms. The SMILES string of the molecule is CCN(C(=O)/C=C/C(=O)O)C(C)c1cccc(O)c1. The Balaban J connectivity index is 2.90. The monoisotopic (exact) mass is 263 g/mol. The molecule has 0 radical (unpaired) electrons. The van der Waals surface area contributed by atoms with Crippen LogP contribution in [0.2, 0.25) is 0 Å². The maximum atomic E-state index is 11.9. The Labute approximate surface area is 111 Å². The average molecular weight is 263 g/mol. The van der Waals surface area contributed by atoms with Crippen molar-refractivity contribution < 1.29 is 19.8 Å². The first-order chi connectivity index (χ1) is 8.95. The maximum absolute atomic E-state index is 11.9. The standard InChI is InChI=1S/C14H17NO4/c1-3-15(13(17)7-8-14(18)19)10(2)11-5-4-6-12(16)9-11/h4-10,16H,3H2,1-2H3,(H,18,19)/b8-7+. The van der Waals surface area contributed by atoms with Crippen molar-refractivity contribution in [2.45, 2.75) is 19.9 Å². The first-order valence-electron chi connectivity index (χ1n) is 5.96. The van der Waals surface area contributed by atoms with Crippen LogP contribution in [-0.2, 0) is 9.59 Å². The van der Waals surface area contributed by atoms with Crippen LogP contribution >= 0.6 is 0 Å². The summed E-state index contributed by atoms with van der Waals surface area (Å²) in [6, 6.07) is 6.40. The number of benzene rings is 1. The number of nitrogens with zero attached hydrogens (tertiary/aromatic N) is 1. The van der Waals surface area contributed by atoms with Crippen LogP contribution in [0.4, 0.5) is 0 Å². The van der Waals surface area contributed by atoms with Crippen molar-refractivity contribution in [1.82, 2.24) is 4.90 Å². The van der Waals surface area contributed by atoms with Crippen LogP contribution < -0.4 is 0 Å². The summed E-state index contributed by atoms with van der Waals surface area (Å²) in [7, 11) is 0. The Hall–Kier alpha value is -2.30. The number of carbonyl (C=O) groups excluding carboxylic acids is 1. The van der Waals surface area contributed by atoms with Crippen LogP contribution in [-0.4, -0.2) is 33.5 Å². The minimum atomic E-state index is -1.16. The number of carboxylic acid groups (broad SMARTS) is 1. The van der Waals surface area contributed by atoms with E-state index in [0.717, 1.165) is 17.7 Å². The molecule has 0 aliphatic heterocycles. The summed E-state index contributed by atoms with van der Waals surface area (Å²) in [4.78, 5) is 23.8. The summed E-state index contributed by atoms with van der Waals surface area (Å²) in [6.07, 6.45) is 1.85. The Bertz CT molecular complexity index is 496. The molecule has 0 fully saturated rings. The highest BCUT2D eigenvalue weighted by Gasteiger charge is 2.18. The van der Waals surface area contributed by atoms with Crippen LogP contribution in [0.15, 0.2) is 36.4 Å². The van der Waals surface area contributed by atoms with E-state index in [9.17, 15) is 14.7 Å². The van der Waals surface area contributed by atoms with Gasteiger partial charge < -0.3 is 15.1 Å². The molecular formula is C14H17NO4. The fourth-order valence-electron chi connectivity index (χ4n) is 1.82. The molecule has 102 valence electrons. The highest BCUT2D eigenvalue weighted by Crippen LogP contribution is 2.23. The lowest BCUT2D eigenvalue weighted by Gasteiger charge is -2.27. The highest BCUT2D eigenvalue weighted by molar-refractivity contribution is 5.94. The highest BCUT2D eigenvalue weighted by atomic mass is 16.4. The van der Waals surface area contributed by atoms with Crippen LogP contribution in [0, 0.1) is 0 Å². The van der Waals surface area contributed by atoms with E-state index in [1.807, 2.05) is 13.8 Å². The van der Waals surface area contributed by atoms with Gasteiger partial charge in [0.25, 0.3) is 0 Å². The largest absolute Gasteiger partial charge is 0.508 e. The summed E-state index contributed by atoms with van der Waals surface area (Å²) >= 11 is 0. The van der Waals surface area contributed by atoms with Gasteiger partial charge >= 0.3 is 5.97 Å². The molecule has 1 aromatic carbocycles. The number of aromatic hydroxyl groups is 1. The molecule has 5 heteroatoms. The van der Waals surface area contributed by atoms with E-state index in [0.29, 0.717) is 6.54 Å². The third-order valence-corrected chi connectivity index (χ3v) is 2.81. The third kappa shape index (κ3) is 4.13. The fraction of sp³-hybridized carbons (Fsp3) is 0.286. The van der Waals surface area contributed by atoms with Crippen molar-refractivity contribution in [2.75, 3.05) is 6.54 Å². The number of phenolic OH excluding ortho intramolecular Hbond substituents is 1. The minimum Gasteiger partial charge on any atom is -0.508 e. The van der Waals surface area contributed by atoms with Gasteiger partial charge in [0.2, 0.25) is 5.91 Å². The summed E-state index contributed by atoms with van der Waals surface area (Å²) in [5.74, 6) is -1.40. The number of hydrogen-bond acceptors (Lipinski definition) is 3. The van der Waals surface area contributed by atoms with Gasteiger partial charge in [-0.3, -0.25) is 4.79 Å². The topological polar surface area (TPSA) is 77.8 Å². The quantitative estimate of drug-likeness (QED) is 0.796. The number of carboxylic acids is 1. The van der Waals surface area contributed by atoms with Gasteiger partial charge in [-0.1, -0.05) is 12.1 Å². The van der Waals surface area contributed by atoms with Crippen molar-refractivity contribution in [1.29, 1.82) is 0 Å². The molecule has 19 heavy (non-hydrogen) atoms. The van der Waals surface area contributed by atoms with E-state index in [1.54, 1.807) is 24.3 Å². The fourth-order valence-corrected chi connectivity index (χ4v) is 1.82. The Morgan fingerprint density at radius 2 is 2.05 bits per heavy atom. The third-order valence-electron chi connectivity index (χ3n) is 2.81. The van der Waals surface area contributed by atoms with Gasteiger partial charge in [0.05, 0.1) is 6.04 Å². The predicted octanol–water partition coefficient (Wildman–Crippen LogP) is 1.94. The molecule has 0 aliphatic rings. The second-order valence-corrected chi connectivity index (χ2v) is 4.07. The van der Waals surface area contributed by atoms with Crippen molar-refractivity contribution in [3.05, 3.63) is 42.0 Å². The molecule has 2 N–H and O–H groups in total. The van der Waals surface area contributed by atoms with Gasteiger partial charge in [-0.05, 0) is 31.5 Å². The second-order valence-electron chi connectivity index (χ2n) is 4.07. The van der Waals surface area contributed by atoms with E-state index in [-0.39, 0.29) is 17.7 Å². The molecule has 0 saturated heterocycles. The molecule has 0 aliphatic carbocycles. The van der Waals surface area contributed by atoms with Gasteiger partial charge in [-0.2, -0.15) is 0 Å². The maximum Gasteiger partial charge on any atom is 0.328 e. The Kier molecular flexibility index (Phi) is 5.11. The smallest absolute Gasteiger partial charge is 0.328 e. The zero-order valence-corrected chi connectivity index (χ0v) is 10.9. The number of hydrogen-bond donors (Lipinski definition) is 2. The molecule has 0 saturated carbocycles. The lowest BCUT2D eigenvalue weighted by Crippen LogP contribution is -2.32. The Morgan fingerprint density at radius 1 is 1.37 bits per heavy atom.